The minimum atomic E-state index is -0.982. The van der Waals surface area contributed by atoms with Crippen molar-refractivity contribution in [1.82, 2.24) is 40.5 Å². The maximum atomic E-state index is 11.1. The number of hydrogen-bond acceptors (Lipinski definition) is 13. The van der Waals surface area contributed by atoms with E-state index >= 15 is 0 Å². The van der Waals surface area contributed by atoms with Gasteiger partial charge in [0.1, 0.15) is 35.9 Å². The van der Waals surface area contributed by atoms with Crippen LogP contribution in [0.2, 0.25) is 10.0 Å². The highest BCUT2D eigenvalue weighted by Gasteiger charge is 2.18. The standard InChI is InChI=1S/C44H46Cl2N8O6/c1-4-47-21-34-15-38(45)43(53-41(34)57-13-11-30-17-49-26-50-18-30)59-24-32-7-5-9-36(28(32)2)37-10-6-8-33(29(37)3)25-60-44-39(46)16-35(22-48-23-40(55)56)42(54-44)58-14-12-31-19-51-27-52-20-31/h5-10,15-20,26-27,47-48H,4,11-14,21-25H2,1-3H3,(H,55,56). The van der Waals surface area contributed by atoms with E-state index in [9.17, 15) is 4.79 Å². The second kappa shape index (κ2) is 21.9. The van der Waals surface area contributed by atoms with Gasteiger partial charge in [-0.25, -0.2) is 19.9 Å². The quantitative estimate of drug-likeness (QED) is 0.0619. The van der Waals surface area contributed by atoms with Crippen LogP contribution in [0.15, 0.2) is 86.0 Å². The van der Waals surface area contributed by atoms with Gasteiger partial charge < -0.3 is 34.7 Å². The Morgan fingerprint density at radius 1 is 0.633 bits per heavy atom. The van der Waals surface area contributed by atoms with E-state index in [4.69, 9.17) is 52.2 Å². The molecule has 0 unspecified atom stereocenters. The lowest BCUT2D eigenvalue weighted by atomic mass is 9.92. The maximum Gasteiger partial charge on any atom is 0.317 e. The minimum Gasteiger partial charge on any atom is -0.480 e. The number of hydrogen-bond donors (Lipinski definition) is 3. The summed E-state index contributed by atoms with van der Waals surface area (Å²) >= 11 is 13.4. The van der Waals surface area contributed by atoms with Gasteiger partial charge in [-0.15, -0.1) is 0 Å². The molecule has 0 radical (unpaired) electrons. The number of aliphatic carboxylic acids is 1. The van der Waals surface area contributed by atoms with Gasteiger partial charge in [-0.05, 0) is 77.0 Å². The largest absolute Gasteiger partial charge is 0.480 e. The molecule has 0 bridgehead atoms. The number of halogens is 2. The van der Waals surface area contributed by atoms with Gasteiger partial charge in [0, 0.05) is 61.8 Å². The van der Waals surface area contributed by atoms with Crippen LogP contribution < -0.4 is 29.6 Å². The second-order valence-electron chi connectivity index (χ2n) is 13.7. The first kappa shape index (κ1) is 43.6. The third-order valence-electron chi connectivity index (χ3n) is 9.52. The van der Waals surface area contributed by atoms with Crippen molar-refractivity contribution in [1.29, 1.82) is 0 Å². The summed E-state index contributed by atoms with van der Waals surface area (Å²) in [5.74, 6) is 0.232. The molecule has 14 nitrogen and oxygen atoms in total. The Hall–Kier alpha value is -5.93. The van der Waals surface area contributed by atoms with Crippen molar-refractivity contribution in [2.75, 3.05) is 26.3 Å². The summed E-state index contributed by atoms with van der Waals surface area (Å²) in [6, 6.07) is 15.7. The Labute approximate surface area is 358 Å². The van der Waals surface area contributed by atoms with Crippen LogP contribution in [0.1, 0.15) is 51.4 Å². The molecule has 4 aromatic heterocycles. The van der Waals surface area contributed by atoms with Crippen LogP contribution in [0.25, 0.3) is 11.1 Å². The van der Waals surface area contributed by atoms with E-state index in [0.29, 0.717) is 42.5 Å². The molecule has 16 heteroatoms. The van der Waals surface area contributed by atoms with Crippen molar-refractivity contribution in [2.24, 2.45) is 0 Å². The highest BCUT2D eigenvalue weighted by Crippen LogP contribution is 2.34. The summed E-state index contributed by atoms with van der Waals surface area (Å²) in [6.07, 6.45) is 11.1. The smallest absolute Gasteiger partial charge is 0.317 e. The highest BCUT2D eigenvalue weighted by molar-refractivity contribution is 6.32. The topological polar surface area (TPSA) is 176 Å². The molecule has 0 saturated heterocycles. The summed E-state index contributed by atoms with van der Waals surface area (Å²) in [5.41, 5.74) is 9.33. The molecule has 6 aromatic rings. The fourth-order valence-electron chi connectivity index (χ4n) is 6.26. The predicted octanol–water partition coefficient (Wildman–Crippen LogP) is 7.33. The van der Waals surface area contributed by atoms with Gasteiger partial charge in [0.15, 0.2) is 0 Å². The summed E-state index contributed by atoms with van der Waals surface area (Å²) < 4.78 is 24.7. The van der Waals surface area contributed by atoms with Crippen molar-refractivity contribution < 1.29 is 28.8 Å². The molecule has 0 aliphatic carbocycles. The van der Waals surface area contributed by atoms with Gasteiger partial charge in [-0.1, -0.05) is 66.5 Å². The molecule has 0 saturated carbocycles. The molecule has 0 atom stereocenters. The first-order chi connectivity index (χ1) is 29.2. The number of pyridine rings is 2. The number of aromatic nitrogens is 6. The van der Waals surface area contributed by atoms with E-state index in [2.05, 4.69) is 61.5 Å². The normalized spacial score (nSPS) is 11.0. The molecule has 312 valence electrons. The van der Waals surface area contributed by atoms with Gasteiger partial charge in [0.25, 0.3) is 0 Å². The van der Waals surface area contributed by atoms with Gasteiger partial charge in [-0.3, -0.25) is 4.79 Å². The average Bonchev–Trinajstić information content (AvgIpc) is 3.25. The average molecular weight is 854 g/mol. The Morgan fingerprint density at radius 2 is 1.08 bits per heavy atom. The van der Waals surface area contributed by atoms with Crippen LogP contribution in [0.5, 0.6) is 23.5 Å². The molecule has 0 fully saturated rings. The van der Waals surface area contributed by atoms with Gasteiger partial charge in [0.05, 0.1) is 19.8 Å². The van der Waals surface area contributed by atoms with Crippen molar-refractivity contribution in [3.63, 3.8) is 0 Å². The zero-order valence-corrected chi connectivity index (χ0v) is 35.1. The third-order valence-corrected chi connectivity index (χ3v) is 10.1. The molecule has 0 spiro atoms. The molecule has 6 rings (SSSR count). The van der Waals surface area contributed by atoms with E-state index in [1.165, 1.54) is 12.7 Å². The molecule has 0 amide bonds. The number of rotatable bonds is 22. The minimum absolute atomic E-state index is 0.182. The first-order valence-corrected chi connectivity index (χ1v) is 20.1. The number of ether oxygens (including phenoxy) is 4. The molecule has 0 aliphatic rings. The number of carbonyl (C=O) groups is 1. The summed E-state index contributed by atoms with van der Waals surface area (Å²) in [7, 11) is 0. The van der Waals surface area contributed by atoms with Crippen LogP contribution in [0, 0.1) is 13.8 Å². The summed E-state index contributed by atoms with van der Waals surface area (Å²) in [4.78, 5) is 36.7. The number of benzene rings is 2. The number of nitrogens with one attached hydrogen (secondary N) is 2. The lowest BCUT2D eigenvalue weighted by Gasteiger charge is -2.18. The Morgan fingerprint density at radius 3 is 1.52 bits per heavy atom. The van der Waals surface area contributed by atoms with Crippen LogP contribution in [0.3, 0.4) is 0 Å². The van der Waals surface area contributed by atoms with Crippen molar-refractivity contribution in [3.8, 4) is 34.6 Å². The third kappa shape index (κ3) is 12.1. The summed E-state index contributed by atoms with van der Waals surface area (Å²) in [5, 5.41) is 16.0. The van der Waals surface area contributed by atoms with Crippen molar-refractivity contribution in [3.05, 3.63) is 141 Å². The Balaban J connectivity index is 1.15. The molecular weight excluding hydrogens is 807 g/mol. The fourth-order valence-corrected chi connectivity index (χ4v) is 6.72. The number of carboxylic acids is 1. The predicted molar refractivity (Wildman–Crippen MR) is 228 cm³/mol. The van der Waals surface area contributed by atoms with Crippen LogP contribution in [-0.2, 0) is 43.9 Å². The molecule has 60 heavy (non-hydrogen) atoms. The molecule has 2 aromatic carbocycles. The van der Waals surface area contributed by atoms with E-state index in [1.807, 2.05) is 37.3 Å². The zero-order valence-electron chi connectivity index (χ0n) is 33.6. The highest BCUT2D eigenvalue weighted by atomic mass is 35.5. The lowest BCUT2D eigenvalue weighted by molar-refractivity contribution is -0.136. The summed E-state index contributed by atoms with van der Waals surface area (Å²) in [6.45, 7) is 8.50. The lowest BCUT2D eigenvalue weighted by Crippen LogP contribution is -2.22. The molecule has 4 heterocycles. The van der Waals surface area contributed by atoms with Crippen LogP contribution in [-0.4, -0.2) is 67.3 Å². The van der Waals surface area contributed by atoms with E-state index in [0.717, 1.165) is 56.6 Å². The molecule has 3 N–H and O–H groups in total. The first-order valence-electron chi connectivity index (χ1n) is 19.4. The number of carboxylic acid groups (broad SMARTS) is 1. The SMILES string of the molecule is CCNCc1cc(Cl)c(OCc2cccc(-c3cccc(COc4nc(OCCc5cncnc5)c(CNCC(=O)O)cc4Cl)c3C)c2C)nc1OCCc1cncnc1. The second-order valence-corrected chi connectivity index (χ2v) is 14.5. The van der Waals surface area contributed by atoms with E-state index in [-0.39, 0.29) is 55.6 Å². The molecule has 0 aliphatic heterocycles. The van der Waals surface area contributed by atoms with Gasteiger partial charge in [-0.2, -0.15) is 9.97 Å². The monoisotopic (exact) mass is 852 g/mol. The van der Waals surface area contributed by atoms with Gasteiger partial charge in [0.2, 0.25) is 23.5 Å². The van der Waals surface area contributed by atoms with E-state index < -0.39 is 5.97 Å². The maximum absolute atomic E-state index is 11.1. The molecular formula is C44H46Cl2N8O6. The van der Waals surface area contributed by atoms with Crippen molar-refractivity contribution >= 4 is 29.2 Å². The Bertz CT molecular complexity index is 2360. The zero-order chi connectivity index (χ0) is 42.3. The van der Waals surface area contributed by atoms with Crippen LogP contribution >= 0.6 is 23.2 Å². The van der Waals surface area contributed by atoms with Crippen molar-refractivity contribution in [2.45, 2.75) is 59.9 Å². The van der Waals surface area contributed by atoms with Gasteiger partial charge >= 0.3 is 5.97 Å². The Kier molecular flexibility index (Phi) is 15.9. The fraction of sp³-hybridized carbons (Fsp3) is 0.295. The van der Waals surface area contributed by atoms with Crippen LogP contribution in [0.4, 0.5) is 0 Å². The number of nitrogens with zero attached hydrogens (tertiary/aromatic N) is 6. The van der Waals surface area contributed by atoms with E-state index in [1.54, 1.807) is 30.9 Å².